The van der Waals surface area contributed by atoms with E-state index in [2.05, 4.69) is 17.1 Å². The van der Waals surface area contributed by atoms with Crippen molar-refractivity contribution < 1.29 is 9.47 Å². The molecule has 1 spiro atoms. The lowest BCUT2D eigenvalue weighted by atomic mass is 9.73. The molecule has 1 unspecified atom stereocenters. The van der Waals surface area contributed by atoms with Crippen molar-refractivity contribution in [2.45, 2.75) is 18.1 Å². The minimum absolute atomic E-state index is 0.116. The highest BCUT2D eigenvalue weighted by molar-refractivity contribution is 8.14. The number of ether oxygens (including phenoxy) is 2. The molecular formula is C19H18ClN3O2S. The van der Waals surface area contributed by atoms with E-state index in [-0.39, 0.29) is 12.0 Å². The molecule has 3 aliphatic heterocycles. The van der Waals surface area contributed by atoms with Crippen LogP contribution in [-0.2, 0) is 10.3 Å². The summed E-state index contributed by atoms with van der Waals surface area (Å²) in [5.41, 5.74) is 8.79. The Hall–Kier alpha value is -1.76. The van der Waals surface area contributed by atoms with Gasteiger partial charge in [-0.05, 0) is 23.8 Å². The molecule has 134 valence electrons. The Balaban J connectivity index is 1.67. The third-order valence-electron chi connectivity index (χ3n) is 5.42. The first-order valence-electron chi connectivity index (χ1n) is 8.64. The molecule has 3 atom stereocenters. The molecule has 0 radical (unpaired) electrons. The lowest BCUT2D eigenvalue weighted by Gasteiger charge is -2.46. The van der Waals surface area contributed by atoms with E-state index in [1.165, 1.54) is 0 Å². The second-order valence-electron chi connectivity index (χ2n) is 6.89. The third kappa shape index (κ3) is 2.51. The van der Waals surface area contributed by atoms with Gasteiger partial charge in [0.15, 0.2) is 5.17 Å². The van der Waals surface area contributed by atoms with Crippen LogP contribution in [0.5, 0.6) is 5.75 Å². The number of aliphatic imine (C=N–C) groups is 1. The van der Waals surface area contributed by atoms with Gasteiger partial charge >= 0.3 is 0 Å². The number of aromatic nitrogens is 1. The van der Waals surface area contributed by atoms with Crippen LogP contribution in [0.3, 0.4) is 0 Å². The number of nitrogens with two attached hydrogens (primary N) is 1. The molecule has 2 N–H and O–H groups in total. The summed E-state index contributed by atoms with van der Waals surface area (Å²) in [6.45, 7) is 1.37. The topological polar surface area (TPSA) is 69.7 Å². The van der Waals surface area contributed by atoms with Gasteiger partial charge in [0, 0.05) is 41.6 Å². The van der Waals surface area contributed by atoms with Crippen LogP contribution in [0, 0.1) is 5.92 Å². The van der Waals surface area contributed by atoms with Crippen molar-refractivity contribution in [1.82, 2.24) is 4.98 Å². The Morgan fingerprint density at radius 1 is 1.23 bits per heavy atom. The van der Waals surface area contributed by atoms with Gasteiger partial charge in [0.05, 0.1) is 18.2 Å². The zero-order valence-corrected chi connectivity index (χ0v) is 15.6. The first kappa shape index (κ1) is 16.4. The van der Waals surface area contributed by atoms with Gasteiger partial charge < -0.3 is 15.2 Å². The predicted molar refractivity (Wildman–Crippen MR) is 104 cm³/mol. The molecule has 0 bridgehead atoms. The lowest BCUT2D eigenvalue weighted by Crippen LogP contribution is -2.52. The van der Waals surface area contributed by atoms with Gasteiger partial charge in [-0.25, -0.2) is 4.99 Å². The second-order valence-corrected chi connectivity index (χ2v) is 8.32. The molecule has 5 nitrogen and oxygen atoms in total. The van der Waals surface area contributed by atoms with Gasteiger partial charge in [0.25, 0.3) is 0 Å². The second kappa shape index (κ2) is 6.15. The summed E-state index contributed by atoms with van der Waals surface area (Å²) in [5, 5.41) is 1.25. The van der Waals surface area contributed by atoms with Crippen molar-refractivity contribution in [3.63, 3.8) is 0 Å². The first-order valence-corrected chi connectivity index (χ1v) is 10.00. The van der Waals surface area contributed by atoms with Crippen LogP contribution < -0.4 is 10.5 Å². The number of rotatable bonds is 1. The minimum atomic E-state index is -0.393. The summed E-state index contributed by atoms with van der Waals surface area (Å²) in [4.78, 5) is 9.12. The molecule has 0 saturated carbocycles. The van der Waals surface area contributed by atoms with E-state index in [0.29, 0.717) is 16.8 Å². The number of halogens is 1. The van der Waals surface area contributed by atoms with E-state index < -0.39 is 5.54 Å². The van der Waals surface area contributed by atoms with E-state index >= 15 is 0 Å². The van der Waals surface area contributed by atoms with Gasteiger partial charge in [-0.15, -0.1) is 0 Å². The highest BCUT2D eigenvalue weighted by Crippen LogP contribution is 2.52. The Bertz CT molecular complexity index is 906. The highest BCUT2D eigenvalue weighted by Gasteiger charge is 2.53. The van der Waals surface area contributed by atoms with Crippen LogP contribution in [0.2, 0.25) is 5.02 Å². The minimum Gasteiger partial charge on any atom is -0.489 e. The normalized spacial score (nSPS) is 29.7. The number of hydrogen-bond acceptors (Lipinski definition) is 6. The Kier molecular flexibility index (Phi) is 3.88. The van der Waals surface area contributed by atoms with E-state index in [9.17, 15) is 0 Å². The Morgan fingerprint density at radius 3 is 2.96 bits per heavy atom. The van der Waals surface area contributed by atoms with E-state index in [1.807, 2.05) is 18.3 Å². The summed E-state index contributed by atoms with van der Waals surface area (Å²) in [6, 6.07) is 8.15. The fourth-order valence-corrected chi connectivity index (χ4v) is 5.36. The largest absolute Gasteiger partial charge is 0.489 e. The summed E-state index contributed by atoms with van der Waals surface area (Å²) in [6.07, 6.45) is 4.45. The zero-order valence-electron chi connectivity index (χ0n) is 14.0. The first-order chi connectivity index (χ1) is 12.7. The molecule has 1 aromatic heterocycles. The molecule has 3 aliphatic rings. The average Bonchev–Trinajstić information content (AvgIpc) is 3.04. The predicted octanol–water partition coefficient (Wildman–Crippen LogP) is 3.46. The van der Waals surface area contributed by atoms with Crippen molar-refractivity contribution in [3.8, 4) is 16.9 Å². The van der Waals surface area contributed by atoms with Gasteiger partial charge in [-0.1, -0.05) is 29.4 Å². The van der Waals surface area contributed by atoms with Gasteiger partial charge in [-0.3, -0.25) is 4.98 Å². The standard InChI is InChI=1S/C19H18ClN3O2S/c20-13-5-12(7-22-8-13)11-1-2-16-14(6-11)19(10-26-18(21)23-19)15-9-24-4-3-17(15)25-16/h1-2,5-8,15,17H,3-4,9-10H2,(H2,21,23)/t15-,17?,19-/m0/s1. The fraction of sp³-hybridized carbons (Fsp3) is 0.368. The van der Waals surface area contributed by atoms with Crippen molar-refractivity contribution >= 4 is 28.5 Å². The summed E-state index contributed by atoms with van der Waals surface area (Å²) >= 11 is 7.73. The van der Waals surface area contributed by atoms with Crippen LogP contribution in [-0.4, -0.2) is 35.2 Å². The molecule has 4 heterocycles. The molecular weight excluding hydrogens is 370 g/mol. The van der Waals surface area contributed by atoms with Gasteiger partial charge in [-0.2, -0.15) is 0 Å². The van der Waals surface area contributed by atoms with Crippen LogP contribution in [0.15, 0.2) is 41.7 Å². The number of thioether (sulfide) groups is 1. The SMILES string of the molecule is NC1=N[C@@]2(CS1)c1cc(-c3cncc(Cl)c3)ccc1OC1CCOC[C@@H]12. The fourth-order valence-electron chi connectivity index (χ4n) is 4.16. The molecule has 5 rings (SSSR count). The maximum Gasteiger partial charge on any atom is 0.154 e. The monoisotopic (exact) mass is 387 g/mol. The Morgan fingerprint density at radius 2 is 2.15 bits per heavy atom. The summed E-state index contributed by atoms with van der Waals surface area (Å²) in [5.74, 6) is 1.88. The summed E-state index contributed by atoms with van der Waals surface area (Å²) < 4.78 is 12.1. The molecule has 1 saturated heterocycles. The average molecular weight is 388 g/mol. The number of hydrogen-bond donors (Lipinski definition) is 1. The zero-order chi connectivity index (χ0) is 17.7. The molecule has 2 aromatic rings. The summed E-state index contributed by atoms with van der Waals surface area (Å²) in [7, 11) is 0. The van der Waals surface area contributed by atoms with Gasteiger partial charge in [0.2, 0.25) is 0 Å². The van der Waals surface area contributed by atoms with Crippen molar-refractivity contribution in [3.05, 3.63) is 47.2 Å². The van der Waals surface area contributed by atoms with Crippen LogP contribution in [0.4, 0.5) is 0 Å². The van der Waals surface area contributed by atoms with Crippen LogP contribution in [0.25, 0.3) is 11.1 Å². The smallest absolute Gasteiger partial charge is 0.154 e. The van der Waals surface area contributed by atoms with Crippen molar-refractivity contribution in [1.29, 1.82) is 0 Å². The number of fused-ring (bicyclic) bond motifs is 4. The van der Waals surface area contributed by atoms with Crippen LogP contribution >= 0.6 is 23.4 Å². The van der Waals surface area contributed by atoms with Crippen LogP contribution in [0.1, 0.15) is 12.0 Å². The number of amidine groups is 1. The van der Waals surface area contributed by atoms with Crippen molar-refractivity contribution in [2.24, 2.45) is 16.6 Å². The van der Waals surface area contributed by atoms with E-state index in [1.54, 1.807) is 18.0 Å². The molecule has 0 amide bonds. The Labute approximate surface area is 160 Å². The van der Waals surface area contributed by atoms with Gasteiger partial charge in [0.1, 0.15) is 17.4 Å². The highest BCUT2D eigenvalue weighted by atomic mass is 35.5. The van der Waals surface area contributed by atoms with Crippen molar-refractivity contribution in [2.75, 3.05) is 19.0 Å². The number of pyridine rings is 1. The molecule has 7 heteroatoms. The number of nitrogens with zero attached hydrogens (tertiary/aromatic N) is 2. The van der Waals surface area contributed by atoms with E-state index in [4.69, 9.17) is 31.8 Å². The quantitative estimate of drug-likeness (QED) is 0.811. The molecule has 0 aliphatic carbocycles. The molecule has 1 fully saturated rings. The molecule has 1 aromatic carbocycles. The van der Waals surface area contributed by atoms with E-state index in [0.717, 1.165) is 41.2 Å². The third-order valence-corrected chi connectivity index (χ3v) is 6.60. The molecule has 26 heavy (non-hydrogen) atoms. The maximum absolute atomic E-state index is 6.33. The maximum atomic E-state index is 6.33. The number of benzene rings is 1. The lowest BCUT2D eigenvalue weighted by molar-refractivity contribution is -0.0628.